The van der Waals surface area contributed by atoms with Crippen molar-refractivity contribution in [3.05, 3.63) is 30.4 Å². The molecular formula is C9H12N6O. The molecule has 0 aliphatic carbocycles. The van der Waals surface area contributed by atoms with Crippen LogP contribution < -0.4 is 5.32 Å². The molecule has 1 unspecified atom stereocenters. The number of imidazole rings is 1. The van der Waals surface area contributed by atoms with Gasteiger partial charge < -0.3 is 10.3 Å². The minimum Gasteiger partial charge on any atom is -0.347 e. The Hall–Kier alpha value is -2.18. The first-order chi connectivity index (χ1) is 7.81. The molecule has 0 spiro atoms. The molecule has 2 heterocycles. The minimum atomic E-state index is -0.291. The van der Waals surface area contributed by atoms with Crippen LogP contribution in [0.25, 0.3) is 0 Å². The molecule has 7 heteroatoms. The first-order valence-corrected chi connectivity index (χ1v) is 4.96. The van der Waals surface area contributed by atoms with E-state index in [9.17, 15) is 4.79 Å². The minimum absolute atomic E-state index is 0.146. The average Bonchev–Trinajstić information content (AvgIpc) is 2.96. The third-order valence-electron chi connectivity index (χ3n) is 2.19. The molecule has 0 bridgehead atoms. The van der Waals surface area contributed by atoms with Crippen LogP contribution >= 0.6 is 0 Å². The van der Waals surface area contributed by atoms with Gasteiger partial charge in [0.2, 0.25) is 5.82 Å². The van der Waals surface area contributed by atoms with E-state index in [-0.39, 0.29) is 17.8 Å². The summed E-state index contributed by atoms with van der Waals surface area (Å²) in [5.74, 6) is 0.640. The Morgan fingerprint density at radius 2 is 2.44 bits per heavy atom. The molecule has 0 saturated heterocycles. The number of hydrogen-bond acceptors (Lipinski definition) is 4. The van der Waals surface area contributed by atoms with Crippen LogP contribution in [-0.2, 0) is 0 Å². The van der Waals surface area contributed by atoms with Crippen molar-refractivity contribution in [2.45, 2.75) is 19.4 Å². The summed E-state index contributed by atoms with van der Waals surface area (Å²) < 4.78 is 0. The SMILES string of the molecule is CCC(NC(=O)c1ncn[nH]1)c1ncc[nH]1. The Labute approximate surface area is 91.7 Å². The lowest BCUT2D eigenvalue weighted by Gasteiger charge is -2.13. The predicted molar refractivity (Wildman–Crippen MR) is 55.5 cm³/mol. The summed E-state index contributed by atoms with van der Waals surface area (Å²) in [6.45, 7) is 1.97. The lowest BCUT2D eigenvalue weighted by Crippen LogP contribution is -2.29. The van der Waals surface area contributed by atoms with E-state index in [1.54, 1.807) is 12.4 Å². The first kappa shape index (κ1) is 10.3. The Balaban J connectivity index is 2.05. The maximum atomic E-state index is 11.7. The molecule has 3 N–H and O–H groups in total. The zero-order valence-electron chi connectivity index (χ0n) is 8.77. The van der Waals surface area contributed by atoms with Crippen LogP contribution in [0.15, 0.2) is 18.7 Å². The van der Waals surface area contributed by atoms with Crippen molar-refractivity contribution in [2.24, 2.45) is 0 Å². The van der Waals surface area contributed by atoms with Crippen LogP contribution in [-0.4, -0.2) is 31.1 Å². The van der Waals surface area contributed by atoms with Crippen LogP contribution in [0.3, 0.4) is 0 Å². The van der Waals surface area contributed by atoms with Gasteiger partial charge in [0, 0.05) is 12.4 Å². The maximum Gasteiger partial charge on any atom is 0.289 e. The fourth-order valence-electron chi connectivity index (χ4n) is 1.37. The second-order valence-corrected chi connectivity index (χ2v) is 3.24. The fraction of sp³-hybridized carbons (Fsp3) is 0.333. The number of carbonyl (C=O) groups is 1. The van der Waals surface area contributed by atoms with Gasteiger partial charge in [-0.05, 0) is 6.42 Å². The van der Waals surface area contributed by atoms with Gasteiger partial charge in [-0.15, -0.1) is 0 Å². The number of carbonyl (C=O) groups excluding carboxylic acids is 1. The fourth-order valence-corrected chi connectivity index (χ4v) is 1.37. The van der Waals surface area contributed by atoms with E-state index in [2.05, 4.69) is 30.5 Å². The summed E-state index contributed by atoms with van der Waals surface area (Å²) in [7, 11) is 0. The van der Waals surface area contributed by atoms with E-state index < -0.39 is 0 Å². The lowest BCUT2D eigenvalue weighted by atomic mass is 10.2. The largest absolute Gasteiger partial charge is 0.347 e. The molecule has 2 aromatic rings. The van der Waals surface area contributed by atoms with E-state index >= 15 is 0 Å². The van der Waals surface area contributed by atoms with E-state index in [0.29, 0.717) is 0 Å². The van der Waals surface area contributed by atoms with Gasteiger partial charge in [0.05, 0.1) is 6.04 Å². The van der Waals surface area contributed by atoms with Gasteiger partial charge >= 0.3 is 0 Å². The molecule has 2 aromatic heterocycles. The third-order valence-corrected chi connectivity index (χ3v) is 2.19. The van der Waals surface area contributed by atoms with Crippen molar-refractivity contribution >= 4 is 5.91 Å². The molecule has 0 aromatic carbocycles. The van der Waals surface area contributed by atoms with Crippen LogP contribution in [0.2, 0.25) is 0 Å². The van der Waals surface area contributed by atoms with E-state index in [1.807, 2.05) is 6.92 Å². The highest BCUT2D eigenvalue weighted by Crippen LogP contribution is 2.11. The lowest BCUT2D eigenvalue weighted by molar-refractivity contribution is 0.0923. The van der Waals surface area contributed by atoms with Crippen molar-refractivity contribution in [2.75, 3.05) is 0 Å². The van der Waals surface area contributed by atoms with Crippen molar-refractivity contribution in [3.8, 4) is 0 Å². The van der Waals surface area contributed by atoms with Gasteiger partial charge in [0.1, 0.15) is 12.2 Å². The summed E-state index contributed by atoms with van der Waals surface area (Å²) in [6, 6.07) is -0.146. The van der Waals surface area contributed by atoms with Gasteiger partial charge in [-0.25, -0.2) is 9.97 Å². The van der Waals surface area contributed by atoms with Crippen molar-refractivity contribution < 1.29 is 4.79 Å². The highest BCUT2D eigenvalue weighted by atomic mass is 16.2. The Kier molecular flexibility index (Phi) is 2.95. The zero-order chi connectivity index (χ0) is 11.4. The average molecular weight is 220 g/mol. The summed E-state index contributed by atoms with van der Waals surface area (Å²) in [5, 5.41) is 8.93. The highest BCUT2D eigenvalue weighted by molar-refractivity contribution is 5.90. The number of hydrogen-bond donors (Lipinski definition) is 3. The van der Waals surface area contributed by atoms with E-state index in [1.165, 1.54) is 6.33 Å². The molecule has 1 atom stereocenters. The van der Waals surface area contributed by atoms with Gasteiger partial charge in [-0.1, -0.05) is 6.92 Å². The summed E-state index contributed by atoms with van der Waals surface area (Å²) >= 11 is 0. The molecule has 2 rings (SSSR count). The molecule has 0 aliphatic heterocycles. The van der Waals surface area contributed by atoms with Crippen LogP contribution in [0, 0.1) is 0 Å². The summed E-state index contributed by atoms with van der Waals surface area (Å²) in [4.78, 5) is 22.5. The second-order valence-electron chi connectivity index (χ2n) is 3.24. The van der Waals surface area contributed by atoms with Gasteiger partial charge in [0.15, 0.2) is 0 Å². The number of rotatable bonds is 4. The molecule has 16 heavy (non-hydrogen) atoms. The standard InChI is InChI=1S/C9H12N6O/c1-2-6(7-10-3-4-11-7)14-9(16)8-12-5-13-15-8/h3-6H,2H2,1H3,(H,10,11)(H,14,16)(H,12,13,15). The Bertz CT molecular complexity index is 435. The monoisotopic (exact) mass is 220 g/mol. The van der Waals surface area contributed by atoms with Gasteiger partial charge in [-0.3, -0.25) is 9.89 Å². The molecule has 1 amide bonds. The molecule has 0 aliphatic rings. The molecule has 0 saturated carbocycles. The van der Waals surface area contributed by atoms with Crippen LogP contribution in [0.4, 0.5) is 0 Å². The number of amides is 1. The summed E-state index contributed by atoms with van der Waals surface area (Å²) in [6.07, 6.45) is 5.41. The highest BCUT2D eigenvalue weighted by Gasteiger charge is 2.17. The van der Waals surface area contributed by atoms with E-state index in [4.69, 9.17) is 0 Å². The van der Waals surface area contributed by atoms with E-state index in [0.717, 1.165) is 12.2 Å². The van der Waals surface area contributed by atoms with Crippen molar-refractivity contribution in [1.82, 2.24) is 30.5 Å². The Morgan fingerprint density at radius 1 is 1.56 bits per heavy atom. The molecule has 0 radical (unpaired) electrons. The van der Waals surface area contributed by atoms with Crippen LogP contribution in [0.1, 0.15) is 35.8 Å². The quantitative estimate of drug-likeness (QED) is 0.694. The molecule has 0 fully saturated rings. The Morgan fingerprint density at radius 3 is 3.00 bits per heavy atom. The molecule has 84 valence electrons. The normalized spacial score (nSPS) is 12.3. The summed E-state index contributed by atoms with van der Waals surface area (Å²) in [5.41, 5.74) is 0. The van der Waals surface area contributed by atoms with Crippen molar-refractivity contribution in [1.29, 1.82) is 0 Å². The third kappa shape index (κ3) is 2.08. The number of aromatic amines is 2. The van der Waals surface area contributed by atoms with Gasteiger partial charge in [0.25, 0.3) is 5.91 Å². The number of H-pyrrole nitrogens is 2. The number of aromatic nitrogens is 5. The molecular weight excluding hydrogens is 208 g/mol. The topological polar surface area (TPSA) is 99.3 Å². The number of nitrogens with one attached hydrogen (secondary N) is 3. The zero-order valence-corrected chi connectivity index (χ0v) is 8.77. The molecule has 7 nitrogen and oxygen atoms in total. The predicted octanol–water partition coefficient (Wildman–Crippen LogP) is 0.409. The van der Waals surface area contributed by atoms with Crippen molar-refractivity contribution in [3.63, 3.8) is 0 Å². The van der Waals surface area contributed by atoms with Gasteiger partial charge in [-0.2, -0.15) is 5.10 Å². The second kappa shape index (κ2) is 4.56. The van der Waals surface area contributed by atoms with Crippen LogP contribution in [0.5, 0.6) is 0 Å². The maximum absolute atomic E-state index is 11.7. The number of nitrogens with zero attached hydrogens (tertiary/aromatic N) is 3. The smallest absolute Gasteiger partial charge is 0.289 e. The first-order valence-electron chi connectivity index (χ1n) is 4.96.